The number of anilines is 1. The molecule has 3 unspecified atom stereocenters. The Morgan fingerprint density at radius 2 is 2.20 bits per heavy atom. The van der Waals surface area contributed by atoms with Gasteiger partial charge in [0.05, 0.1) is 6.61 Å². The van der Waals surface area contributed by atoms with E-state index in [0.29, 0.717) is 18.0 Å². The third-order valence-corrected chi connectivity index (χ3v) is 4.96. The Kier molecular flexibility index (Phi) is 4.27. The van der Waals surface area contributed by atoms with Crippen molar-refractivity contribution in [3.05, 3.63) is 29.8 Å². The number of fused-ring (bicyclic) bond motifs is 1. The van der Waals surface area contributed by atoms with Crippen molar-refractivity contribution in [3.63, 3.8) is 0 Å². The molecule has 0 spiro atoms. The molecule has 1 aromatic carbocycles. The van der Waals surface area contributed by atoms with E-state index in [0.717, 1.165) is 19.8 Å². The van der Waals surface area contributed by atoms with Crippen LogP contribution in [0.15, 0.2) is 24.3 Å². The van der Waals surface area contributed by atoms with Crippen LogP contribution in [-0.4, -0.2) is 38.9 Å². The second-order valence-corrected chi connectivity index (χ2v) is 6.19. The second-order valence-electron chi connectivity index (χ2n) is 6.19. The number of para-hydroxylation sites is 1. The minimum absolute atomic E-state index is 0.520. The highest BCUT2D eigenvalue weighted by Crippen LogP contribution is 2.31. The fourth-order valence-corrected chi connectivity index (χ4v) is 3.60. The topological polar surface area (TPSA) is 24.5 Å². The van der Waals surface area contributed by atoms with Crippen LogP contribution in [0.5, 0.6) is 0 Å². The third-order valence-electron chi connectivity index (χ3n) is 4.96. The Hall–Kier alpha value is -1.06. The number of benzene rings is 1. The number of likely N-dealkylation sites (N-methyl/N-ethyl adjacent to an activating group) is 1. The van der Waals surface area contributed by atoms with Crippen molar-refractivity contribution in [2.24, 2.45) is 5.92 Å². The monoisotopic (exact) mass is 274 g/mol. The zero-order valence-electron chi connectivity index (χ0n) is 12.6. The Morgan fingerprint density at radius 3 is 2.95 bits per heavy atom. The molecule has 0 radical (unpaired) electrons. The minimum Gasteiger partial charge on any atom is -0.381 e. The molecule has 20 heavy (non-hydrogen) atoms. The van der Waals surface area contributed by atoms with Crippen molar-refractivity contribution in [3.8, 4) is 0 Å². The van der Waals surface area contributed by atoms with Gasteiger partial charge >= 0.3 is 0 Å². The Balaban J connectivity index is 1.78. The first-order valence-corrected chi connectivity index (χ1v) is 7.89. The van der Waals surface area contributed by atoms with Crippen molar-refractivity contribution in [1.82, 2.24) is 5.32 Å². The average molecular weight is 274 g/mol. The molecule has 2 heterocycles. The highest BCUT2D eigenvalue weighted by molar-refractivity contribution is 5.56. The SMILES string of the molecule is CNC(CN1c2ccccc2CCC1C)C1CCOC1. The molecule has 3 rings (SSSR count). The molecule has 0 bridgehead atoms. The molecule has 3 nitrogen and oxygen atoms in total. The smallest absolute Gasteiger partial charge is 0.0510 e. The quantitative estimate of drug-likeness (QED) is 0.913. The van der Waals surface area contributed by atoms with Gasteiger partial charge in [0.2, 0.25) is 0 Å². The number of ether oxygens (including phenoxy) is 1. The molecule has 1 saturated heterocycles. The van der Waals surface area contributed by atoms with Crippen LogP contribution in [0.4, 0.5) is 5.69 Å². The van der Waals surface area contributed by atoms with E-state index in [-0.39, 0.29) is 0 Å². The number of aryl methyl sites for hydroxylation is 1. The van der Waals surface area contributed by atoms with Crippen LogP contribution in [0.1, 0.15) is 25.3 Å². The highest BCUT2D eigenvalue weighted by atomic mass is 16.5. The van der Waals surface area contributed by atoms with E-state index in [1.807, 2.05) is 0 Å². The summed E-state index contributed by atoms with van der Waals surface area (Å²) >= 11 is 0. The molecule has 110 valence electrons. The number of nitrogens with zero attached hydrogens (tertiary/aromatic N) is 1. The predicted octanol–water partition coefficient (Wildman–Crippen LogP) is 2.45. The van der Waals surface area contributed by atoms with Crippen molar-refractivity contribution < 1.29 is 4.74 Å². The summed E-state index contributed by atoms with van der Waals surface area (Å²) in [5.41, 5.74) is 2.94. The summed E-state index contributed by atoms with van der Waals surface area (Å²) in [6.07, 6.45) is 3.66. The van der Waals surface area contributed by atoms with Gasteiger partial charge in [-0.1, -0.05) is 18.2 Å². The molecule has 2 aliphatic heterocycles. The standard InChI is InChI=1S/C17H26N2O/c1-13-7-8-14-5-3-4-6-17(14)19(13)11-16(18-2)15-9-10-20-12-15/h3-6,13,15-16,18H,7-12H2,1-2H3. The van der Waals surface area contributed by atoms with Gasteiger partial charge in [0, 0.05) is 36.8 Å². The zero-order chi connectivity index (χ0) is 13.9. The molecule has 2 aliphatic rings. The van der Waals surface area contributed by atoms with Crippen LogP contribution in [0, 0.1) is 5.92 Å². The van der Waals surface area contributed by atoms with Crippen LogP contribution >= 0.6 is 0 Å². The number of nitrogens with one attached hydrogen (secondary N) is 1. The van der Waals surface area contributed by atoms with Crippen LogP contribution in [0.25, 0.3) is 0 Å². The van der Waals surface area contributed by atoms with E-state index >= 15 is 0 Å². The molecular formula is C17H26N2O. The maximum atomic E-state index is 5.57. The minimum atomic E-state index is 0.520. The van der Waals surface area contributed by atoms with Crippen LogP contribution in [0.2, 0.25) is 0 Å². The lowest BCUT2D eigenvalue weighted by atomic mass is 9.93. The van der Waals surface area contributed by atoms with Crippen LogP contribution in [0.3, 0.4) is 0 Å². The first-order chi connectivity index (χ1) is 9.79. The maximum Gasteiger partial charge on any atom is 0.0510 e. The van der Waals surface area contributed by atoms with Crippen molar-refractivity contribution >= 4 is 5.69 Å². The summed E-state index contributed by atoms with van der Waals surface area (Å²) in [6.45, 7) is 5.28. The van der Waals surface area contributed by atoms with Crippen LogP contribution < -0.4 is 10.2 Å². The lowest BCUT2D eigenvalue weighted by Crippen LogP contribution is -2.49. The van der Waals surface area contributed by atoms with E-state index in [4.69, 9.17) is 4.74 Å². The van der Waals surface area contributed by atoms with Gasteiger partial charge in [-0.05, 0) is 44.9 Å². The molecule has 1 fully saturated rings. The Bertz CT molecular complexity index is 442. The fraction of sp³-hybridized carbons (Fsp3) is 0.647. The van der Waals surface area contributed by atoms with Crippen molar-refractivity contribution in [2.45, 2.75) is 38.3 Å². The molecule has 0 amide bonds. The number of rotatable bonds is 4. The summed E-state index contributed by atoms with van der Waals surface area (Å²) in [5, 5.41) is 3.52. The summed E-state index contributed by atoms with van der Waals surface area (Å²) in [5.74, 6) is 0.654. The molecular weight excluding hydrogens is 248 g/mol. The summed E-state index contributed by atoms with van der Waals surface area (Å²) in [6, 6.07) is 10.0. The molecule has 3 atom stereocenters. The van der Waals surface area contributed by atoms with E-state index in [9.17, 15) is 0 Å². The third kappa shape index (κ3) is 2.70. The maximum absolute atomic E-state index is 5.57. The van der Waals surface area contributed by atoms with Gasteiger partial charge in [-0.15, -0.1) is 0 Å². The van der Waals surface area contributed by atoms with Gasteiger partial charge in [0.1, 0.15) is 0 Å². The summed E-state index contributed by atoms with van der Waals surface area (Å²) in [7, 11) is 2.09. The Morgan fingerprint density at radius 1 is 1.35 bits per heavy atom. The van der Waals surface area contributed by atoms with E-state index in [2.05, 4.69) is 48.5 Å². The fourth-order valence-electron chi connectivity index (χ4n) is 3.60. The molecule has 0 aromatic heterocycles. The second kappa shape index (κ2) is 6.15. The molecule has 0 aliphatic carbocycles. The van der Waals surface area contributed by atoms with Gasteiger partial charge in [-0.2, -0.15) is 0 Å². The first-order valence-electron chi connectivity index (χ1n) is 7.89. The Labute approximate surface area is 122 Å². The summed E-state index contributed by atoms with van der Waals surface area (Å²) < 4.78 is 5.57. The normalized spacial score (nSPS) is 27.4. The van der Waals surface area contributed by atoms with Crippen LogP contribution in [-0.2, 0) is 11.2 Å². The number of hydrogen-bond acceptors (Lipinski definition) is 3. The first kappa shape index (κ1) is 13.9. The summed E-state index contributed by atoms with van der Waals surface area (Å²) in [4.78, 5) is 2.60. The number of hydrogen-bond donors (Lipinski definition) is 1. The van der Waals surface area contributed by atoms with Gasteiger partial charge in [-0.3, -0.25) is 0 Å². The molecule has 1 N–H and O–H groups in total. The molecule has 1 aromatic rings. The van der Waals surface area contributed by atoms with Gasteiger partial charge < -0.3 is 15.0 Å². The zero-order valence-corrected chi connectivity index (χ0v) is 12.6. The predicted molar refractivity (Wildman–Crippen MR) is 83.3 cm³/mol. The van der Waals surface area contributed by atoms with E-state index in [1.54, 1.807) is 0 Å². The average Bonchev–Trinajstić information content (AvgIpc) is 3.00. The molecule has 0 saturated carbocycles. The van der Waals surface area contributed by atoms with Gasteiger partial charge in [-0.25, -0.2) is 0 Å². The van der Waals surface area contributed by atoms with Gasteiger partial charge in [0.15, 0.2) is 0 Å². The lowest BCUT2D eigenvalue weighted by Gasteiger charge is -2.40. The van der Waals surface area contributed by atoms with Gasteiger partial charge in [0.25, 0.3) is 0 Å². The highest BCUT2D eigenvalue weighted by Gasteiger charge is 2.30. The van der Waals surface area contributed by atoms with E-state index in [1.165, 1.54) is 30.5 Å². The molecule has 3 heteroatoms. The van der Waals surface area contributed by atoms with Crippen molar-refractivity contribution in [1.29, 1.82) is 0 Å². The van der Waals surface area contributed by atoms with Crippen molar-refractivity contribution in [2.75, 3.05) is 31.7 Å². The largest absolute Gasteiger partial charge is 0.381 e. The van der Waals surface area contributed by atoms with E-state index < -0.39 is 0 Å². The lowest BCUT2D eigenvalue weighted by molar-refractivity contribution is 0.177.